The third-order valence-electron chi connectivity index (χ3n) is 3.73. The van der Waals surface area contributed by atoms with Crippen molar-refractivity contribution < 1.29 is 9.53 Å². The van der Waals surface area contributed by atoms with Crippen molar-refractivity contribution in [1.29, 1.82) is 0 Å². The molecule has 0 spiro atoms. The van der Waals surface area contributed by atoms with E-state index in [0.29, 0.717) is 12.5 Å². The second-order valence-electron chi connectivity index (χ2n) is 5.36. The van der Waals surface area contributed by atoms with E-state index in [-0.39, 0.29) is 11.9 Å². The van der Waals surface area contributed by atoms with Crippen LogP contribution in [0.1, 0.15) is 37.7 Å². The standard InChI is InChI=1S/C19H22ClNO2/c1-2-23-19(22)18(10-3-4-11-20)16-8-5-7-15(13-16)17-9-6-12-21-14-17/h5-9,12-14,18H,2-4,10-11H2,1H3. The zero-order valence-corrected chi connectivity index (χ0v) is 14.1. The number of pyridine rings is 1. The Morgan fingerprint density at radius 2 is 2.04 bits per heavy atom. The average Bonchev–Trinajstić information content (AvgIpc) is 2.60. The Bertz CT molecular complexity index is 616. The summed E-state index contributed by atoms with van der Waals surface area (Å²) in [4.78, 5) is 16.5. The Labute approximate surface area is 142 Å². The van der Waals surface area contributed by atoms with E-state index in [1.807, 2.05) is 43.5 Å². The number of rotatable bonds is 8. The first kappa shape index (κ1) is 17.5. The van der Waals surface area contributed by atoms with Crippen molar-refractivity contribution in [1.82, 2.24) is 4.98 Å². The largest absolute Gasteiger partial charge is 0.466 e. The average molecular weight is 332 g/mol. The highest BCUT2D eigenvalue weighted by molar-refractivity contribution is 6.17. The predicted octanol–water partition coefficient (Wildman–Crippen LogP) is 4.80. The monoisotopic (exact) mass is 331 g/mol. The summed E-state index contributed by atoms with van der Waals surface area (Å²) in [6.07, 6.45) is 6.14. The molecule has 0 fully saturated rings. The van der Waals surface area contributed by atoms with Crippen LogP contribution >= 0.6 is 11.6 Å². The van der Waals surface area contributed by atoms with E-state index in [9.17, 15) is 4.79 Å². The molecule has 0 amide bonds. The SMILES string of the molecule is CCOC(=O)C(CCCCCl)c1cccc(-c2cccnc2)c1. The summed E-state index contributed by atoms with van der Waals surface area (Å²) in [7, 11) is 0. The number of nitrogens with zero attached hydrogens (tertiary/aromatic N) is 1. The Balaban J connectivity index is 2.25. The lowest BCUT2D eigenvalue weighted by atomic mass is 9.91. The van der Waals surface area contributed by atoms with Gasteiger partial charge in [-0.3, -0.25) is 9.78 Å². The Morgan fingerprint density at radius 3 is 2.74 bits per heavy atom. The fourth-order valence-corrected chi connectivity index (χ4v) is 2.76. The van der Waals surface area contributed by atoms with Crippen LogP contribution < -0.4 is 0 Å². The lowest BCUT2D eigenvalue weighted by Crippen LogP contribution is -2.16. The van der Waals surface area contributed by atoms with Crippen LogP contribution in [0, 0.1) is 0 Å². The van der Waals surface area contributed by atoms with Gasteiger partial charge in [0.15, 0.2) is 0 Å². The smallest absolute Gasteiger partial charge is 0.313 e. The van der Waals surface area contributed by atoms with Gasteiger partial charge in [-0.05, 0) is 42.5 Å². The van der Waals surface area contributed by atoms with Crippen molar-refractivity contribution in [2.75, 3.05) is 12.5 Å². The summed E-state index contributed by atoms with van der Waals surface area (Å²) in [5, 5.41) is 0. The van der Waals surface area contributed by atoms with Gasteiger partial charge in [-0.1, -0.05) is 36.8 Å². The van der Waals surface area contributed by atoms with Crippen molar-refractivity contribution in [2.24, 2.45) is 0 Å². The number of carbonyl (C=O) groups excluding carboxylic acids is 1. The van der Waals surface area contributed by atoms with Crippen LogP contribution in [-0.4, -0.2) is 23.4 Å². The van der Waals surface area contributed by atoms with Crippen molar-refractivity contribution in [3.63, 3.8) is 0 Å². The topological polar surface area (TPSA) is 39.2 Å². The van der Waals surface area contributed by atoms with Crippen molar-refractivity contribution in [3.05, 3.63) is 54.4 Å². The molecule has 0 radical (unpaired) electrons. The summed E-state index contributed by atoms with van der Waals surface area (Å²) in [6.45, 7) is 2.23. The van der Waals surface area contributed by atoms with Crippen molar-refractivity contribution in [2.45, 2.75) is 32.1 Å². The number of unbranched alkanes of at least 4 members (excludes halogenated alkanes) is 1. The molecule has 1 aromatic heterocycles. The van der Waals surface area contributed by atoms with E-state index in [1.54, 1.807) is 6.20 Å². The second kappa shape index (κ2) is 9.31. The van der Waals surface area contributed by atoms with Crippen LogP contribution in [0.25, 0.3) is 11.1 Å². The molecular formula is C19H22ClNO2. The van der Waals surface area contributed by atoms with Crippen LogP contribution in [0.3, 0.4) is 0 Å². The van der Waals surface area contributed by atoms with Gasteiger partial charge in [-0.2, -0.15) is 0 Å². The first-order chi connectivity index (χ1) is 11.3. The minimum Gasteiger partial charge on any atom is -0.466 e. The van der Waals surface area contributed by atoms with E-state index in [4.69, 9.17) is 16.3 Å². The van der Waals surface area contributed by atoms with E-state index < -0.39 is 0 Å². The maximum atomic E-state index is 12.3. The predicted molar refractivity (Wildman–Crippen MR) is 93.6 cm³/mol. The summed E-state index contributed by atoms with van der Waals surface area (Å²) in [6, 6.07) is 12.0. The van der Waals surface area contributed by atoms with E-state index >= 15 is 0 Å². The molecule has 0 aliphatic carbocycles. The van der Waals surface area contributed by atoms with E-state index in [1.165, 1.54) is 0 Å². The Morgan fingerprint density at radius 1 is 1.22 bits per heavy atom. The molecule has 0 aliphatic rings. The van der Waals surface area contributed by atoms with Gasteiger partial charge in [0, 0.05) is 18.3 Å². The minimum absolute atomic E-state index is 0.162. The maximum Gasteiger partial charge on any atom is 0.313 e. The number of benzene rings is 1. The second-order valence-corrected chi connectivity index (χ2v) is 5.73. The molecule has 0 saturated carbocycles. The van der Waals surface area contributed by atoms with Crippen molar-refractivity contribution >= 4 is 17.6 Å². The van der Waals surface area contributed by atoms with Gasteiger partial charge in [0.1, 0.15) is 0 Å². The molecule has 4 heteroatoms. The fourth-order valence-electron chi connectivity index (χ4n) is 2.57. The normalized spacial score (nSPS) is 11.9. The molecular weight excluding hydrogens is 310 g/mol. The molecule has 23 heavy (non-hydrogen) atoms. The highest BCUT2D eigenvalue weighted by atomic mass is 35.5. The molecule has 2 aromatic rings. The molecule has 0 bridgehead atoms. The summed E-state index contributed by atoms with van der Waals surface area (Å²) < 4.78 is 5.25. The molecule has 1 heterocycles. The van der Waals surface area contributed by atoms with E-state index in [0.717, 1.165) is 36.0 Å². The lowest BCUT2D eigenvalue weighted by Gasteiger charge is -2.16. The van der Waals surface area contributed by atoms with Gasteiger partial charge in [0.2, 0.25) is 0 Å². The zero-order valence-electron chi connectivity index (χ0n) is 13.4. The molecule has 0 aliphatic heterocycles. The first-order valence-electron chi connectivity index (χ1n) is 7.99. The molecule has 0 N–H and O–H groups in total. The molecule has 122 valence electrons. The van der Waals surface area contributed by atoms with Crippen LogP contribution in [0.4, 0.5) is 0 Å². The van der Waals surface area contributed by atoms with Gasteiger partial charge in [-0.15, -0.1) is 11.6 Å². The highest BCUT2D eigenvalue weighted by Crippen LogP contribution is 2.28. The first-order valence-corrected chi connectivity index (χ1v) is 8.52. The number of aromatic nitrogens is 1. The Kier molecular flexibility index (Phi) is 7.08. The van der Waals surface area contributed by atoms with Crippen molar-refractivity contribution in [3.8, 4) is 11.1 Å². The van der Waals surface area contributed by atoms with Gasteiger partial charge in [0.25, 0.3) is 0 Å². The number of alkyl halides is 1. The third kappa shape index (κ3) is 5.07. The maximum absolute atomic E-state index is 12.3. The number of ether oxygens (including phenoxy) is 1. The molecule has 0 saturated heterocycles. The van der Waals surface area contributed by atoms with Gasteiger partial charge < -0.3 is 4.74 Å². The zero-order chi connectivity index (χ0) is 16.5. The molecule has 2 rings (SSSR count). The number of hydrogen-bond acceptors (Lipinski definition) is 3. The Hall–Kier alpha value is -1.87. The fraction of sp³-hybridized carbons (Fsp3) is 0.368. The minimum atomic E-state index is -0.241. The van der Waals surface area contributed by atoms with Gasteiger partial charge >= 0.3 is 5.97 Å². The highest BCUT2D eigenvalue weighted by Gasteiger charge is 2.21. The molecule has 1 aromatic carbocycles. The lowest BCUT2D eigenvalue weighted by molar-refractivity contribution is -0.145. The quantitative estimate of drug-likeness (QED) is 0.396. The van der Waals surface area contributed by atoms with Crippen LogP contribution in [0.2, 0.25) is 0 Å². The molecule has 3 nitrogen and oxygen atoms in total. The summed E-state index contributed by atoms with van der Waals surface area (Å²) in [5.74, 6) is 0.214. The number of halogens is 1. The third-order valence-corrected chi connectivity index (χ3v) is 4.00. The number of carbonyl (C=O) groups is 1. The van der Waals surface area contributed by atoms with Crippen LogP contribution in [0.5, 0.6) is 0 Å². The summed E-state index contributed by atoms with van der Waals surface area (Å²) >= 11 is 5.75. The summed E-state index contributed by atoms with van der Waals surface area (Å²) in [5.41, 5.74) is 3.08. The van der Waals surface area contributed by atoms with Gasteiger partial charge in [-0.25, -0.2) is 0 Å². The number of hydrogen-bond donors (Lipinski definition) is 0. The number of esters is 1. The molecule has 1 atom stereocenters. The van der Waals surface area contributed by atoms with Crippen LogP contribution in [-0.2, 0) is 9.53 Å². The molecule has 1 unspecified atom stereocenters. The van der Waals surface area contributed by atoms with Crippen LogP contribution in [0.15, 0.2) is 48.8 Å². The van der Waals surface area contributed by atoms with E-state index in [2.05, 4.69) is 11.1 Å². The van der Waals surface area contributed by atoms with Gasteiger partial charge in [0.05, 0.1) is 12.5 Å².